The molecule has 6 heteroatoms. The summed E-state index contributed by atoms with van der Waals surface area (Å²) < 4.78 is 5.27. The predicted octanol–water partition coefficient (Wildman–Crippen LogP) is -0.262. The number of likely N-dealkylation sites (N-methyl/N-ethyl adjacent to an activating group) is 1. The average Bonchev–Trinajstić information content (AvgIpc) is 2.52. The molecule has 0 spiro atoms. The lowest BCUT2D eigenvalue weighted by Crippen LogP contribution is -3.06. The Morgan fingerprint density at radius 2 is 2.00 bits per heavy atom. The van der Waals surface area contributed by atoms with Gasteiger partial charge in [0.15, 0.2) is 0 Å². The minimum atomic E-state index is 0.0491. The summed E-state index contributed by atoms with van der Waals surface area (Å²) >= 11 is 0. The summed E-state index contributed by atoms with van der Waals surface area (Å²) in [4.78, 5) is 10.7. The molecule has 0 unspecified atom stereocenters. The van der Waals surface area contributed by atoms with Crippen LogP contribution in [0, 0.1) is 0 Å². The zero-order chi connectivity index (χ0) is 15.8. The van der Waals surface area contributed by atoms with Gasteiger partial charge in [-0.15, -0.1) is 0 Å². The Labute approximate surface area is 131 Å². The van der Waals surface area contributed by atoms with Crippen molar-refractivity contribution in [2.24, 2.45) is 0 Å². The van der Waals surface area contributed by atoms with Crippen LogP contribution in [-0.4, -0.2) is 62.1 Å². The van der Waals surface area contributed by atoms with E-state index in [0.29, 0.717) is 19.8 Å². The molecule has 1 aromatic heterocycles. The highest BCUT2D eigenvalue weighted by atomic mass is 16.5. The molecular formula is C16H25N4O2+. The number of aromatic nitrogens is 2. The molecule has 1 aromatic carbocycles. The Morgan fingerprint density at radius 1 is 1.18 bits per heavy atom. The van der Waals surface area contributed by atoms with Crippen LogP contribution in [0.5, 0.6) is 0 Å². The van der Waals surface area contributed by atoms with Gasteiger partial charge in [-0.05, 0) is 12.1 Å². The SMILES string of the molecule is C[NH+](C)CCc1nc(NCCOCCO)c2ccccc2n1. The van der Waals surface area contributed by atoms with Crippen molar-refractivity contribution < 1.29 is 14.7 Å². The Morgan fingerprint density at radius 3 is 2.77 bits per heavy atom. The molecule has 0 saturated heterocycles. The van der Waals surface area contributed by atoms with Gasteiger partial charge in [-0.25, -0.2) is 9.97 Å². The first-order chi connectivity index (χ1) is 10.7. The molecule has 2 rings (SSSR count). The fourth-order valence-electron chi connectivity index (χ4n) is 2.14. The number of aliphatic hydroxyl groups excluding tert-OH is 1. The molecule has 0 amide bonds. The van der Waals surface area contributed by atoms with Crippen LogP contribution in [0.2, 0.25) is 0 Å². The Bertz CT molecular complexity index is 589. The fourth-order valence-corrected chi connectivity index (χ4v) is 2.14. The van der Waals surface area contributed by atoms with E-state index in [2.05, 4.69) is 29.4 Å². The van der Waals surface area contributed by atoms with Crippen LogP contribution in [0.3, 0.4) is 0 Å². The standard InChI is InChI=1S/C16H24N4O2/c1-20(2)9-7-15-18-14-6-4-3-5-13(14)16(19-15)17-8-11-22-12-10-21/h3-6,21H,7-12H2,1-2H3,(H,17,18,19)/p+1. The number of rotatable bonds is 9. The second kappa shape index (κ2) is 8.63. The van der Waals surface area contributed by atoms with E-state index >= 15 is 0 Å². The minimum absolute atomic E-state index is 0.0491. The fraction of sp³-hybridized carbons (Fsp3) is 0.500. The predicted molar refractivity (Wildman–Crippen MR) is 87.3 cm³/mol. The van der Waals surface area contributed by atoms with Crippen molar-refractivity contribution in [1.29, 1.82) is 0 Å². The van der Waals surface area contributed by atoms with Gasteiger partial charge in [0, 0.05) is 11.9 Å². The summed E-state index contributed by atoms with van der Waals surface area (Å²) in [5, 5.41) is 13.0. The number of aliphatic hydroxyl groups is 1. The quantitative estimate of drug-likeness (QED) is 0.557. The van der Waals surface area contributed by atoms with Crippen LogP contribution in [-0.2, 0) is 11.2 Å². The number of nitrogens with one attached hydrogen (secondary N) is 2. The number of anilines is 1. The average molecular weight is 305 g/mol. The lowest BCUT2D eigenvalue weighted by Gasteiger charge is -2.12. The molecular weight excluding hydrogens is 280 g/mol. The molecule has 0 atom stereocenters. The molecule has 0 fully saturated rings. The zero-order valence-corrected chi connectivity index (χ0v) is 13.3. The number of benzene rings is 1. The smallest absolute Gasteiger partial charge is 0.137 e. The lowest BCUT2D eigenvalue weighted by molar-refractivity contribution is -0.858. The molecule has 22 heavy (non-hydrogen) atoms. The molecule has 3 N–H and O–H groups in total. The Hall–Kier alpha value is -1.76. The van der Waals surface area contributed by atoms with Crippen LogP contribution in [0.4, 0.5) is 5.82 Å². The van der Waals surface area contributed by atoms with Gasteiger partial charge in [0.25, 0.3) is 0 Å². The number of nitrogens with zero attached hydrogens (tertiary/aromatic N) is 2. The summed E-state index contributed by atoms with van der Waals surface area (Å²) in [6, 6.07) is 8.01. The molecule has 0 radical (unpaired) electrons. The largest absolute Gasteiger partial charge is 0.394 e. The first-order valence-electron chi connectivity index (χ1n) is 7.68. The van der Waals surface area contributed by atoms with E-state index in [1.807, 2.05) is 24.3 Å². The van der Waals surface area contributed by atoms with Crippen molar-refractivity contribution in [2.75, 3.05) is 52.3 Å². The second-order valence-electron chi connectivity index (χ2n) is 5.48. The summed E-state index contributed by atoms with van der Waals surface area (Å²) in [6.45, 7) is 2.60. The summed E-state index contributed by atoms with van der Waals surface area (Å²) in [5.41, 5.74) is 0.958. The van der Waals surface area contributed by atoms with Crippen molar-refractivity contribution in [3.63, 3.8) is 0 Å². The van der Waals surface area contributed by atoms with Gasteiger partial charge >= 0.3 is 0 Å². The number of fused-ring (bicyclic) bond motifs is 1. The molecule has 1 heterocycles. The molecule has 120 valence electrons. The molecule has 0 aliphatic heterocycles. The van der Waals surface area contributed by atoms with Crippen molar-refractivity contribution in [3.05, 3.63) is 30.1 Å². The number of quaternary nitrogens is 1. The minimum Gasteiger partial charge on any atom is -0.394 e. The number of hydrogen-bond donors (Lipinski definition) is 3. The molecule has 0 aliphatic rings. The van der Waals surface area contributed by atoms with Crippen LogP contribution in [0.1, 0.15) is 5.82 Å². The third kappa shape index (κ3) is 4.91. The number of hydrogen-bond acceptors (Lipinski definition) is 5. The Kier molecular flexibility index (Phi) is 6.51. The summed E-state index contributed by atoms with van der Waals surface area (Å²) in [6.07, 6.45) is 0.850. The first kappa shape index (κ1) is 16.6. The van der Waals surface area contributed by atoms with Crippen LogP contribution < -0.4 is 10.2 Å². The molecule has 0 saturated carbocycles. The molecule has 6 nitrogen and oxygen atoms in total. The van der Waals surface area contributed by atoms with Gasteiger partial charge in [0.05, 0.1) is 52.4 Å². The van der Waals surface area contributed by atoms with Crippen molar-refractivity contribution >= 4 is 16.7 Å². The highest BCUT2D eigenvalue weighted by molar-refractivity contribution is 5.88. The van der Waals surface area contributed by atoms with E-state index in [9.17, 15) is 0 Å². The monoisotopic (exact) mass is 305 g/mol. The third-order valence-corrected chi connectivity index (χ3v) is 3.27. The van der Waals surface area contributed by atoms with E-state index < -0.39 is 0 Å². The van der Waals surface area contributed by atoms with Gasteiger partial charge in [-0.3, -0.25) is 0 Å². The van der Waals surface area contributed by atoms with E-state index in [-0.39, 0.29) is 6.61 Å². The van der Waals surface area contributed by atoms with E-state index in [1.54, 1.807) is 0 Å². The maximum absolute atomic E-state index is 8.70. The first-order valence-corrected chi connectivity index (χ1v) is 7.68. The van der Waals surface area contributed by atoms with E-state index in [4.69, 9.17) is 9.84 Å². The topological polar surface area (TPSA) is 71.7 Å². The van der Waals surface area contributed by atoms with Gasteiger partial charge in [-0.2, -0.15) is 0 Å². The van der Waals surface area contributed by atoms with Gasteiger partial charge in [0.1, 0.15) is 11.6 Å². The van der Waals surface area contributed by atoms with E-state index in [1.165, 1.54) is 4.90 Å². The van der Waals surface area contributed by atoms with Crippen molar-refractivity contribution in [2.45, 2.75) is 6.42 Å². The molecule has 2 aromatic rings. The second-order valence-corrected chi connectivity index (χ2v) is 5.48. The Balaban J connectivity index is 2.11. The summed E-state index contributed by atoms with van der Waals surface area (Å²) in [5.74, 6) is 1.71. The van der Waals surface area contributed by atoms with E-state index in [0.717, 1.165) is 35.5 Å². The highest BCUT2D eigenvalue weighted by Gasteiger charge is 2.08. The maximum Gasteiger partial charge on any atom is 0.137 e. The van der Waals surface area contributed by atoms with Gasteiger partial charge in [0.2, 0.25) is 0 Å². The maximum atomic E-state index is 8.70. The molecule has 0 aliphatic carbocycles. The third-order valence-electron chi connectivity index (χ3n) is 3.27. The zero-order valence-electron chi connectivity index (χ0n) is 13.3. The number of para-hydroxylation sites is 1. The van der Waals surface area contributed by atoms with Crippen molar-refractivity contribution in [3.8, 4) is 0 Å². The van der Waals surface area contributed by atoms with Gasteiger partial charge < -0.3 is 20.1 Å². The number of ether oxygens (including phenoxy) is 1. The summed E-state index contributed by atoms with van der Waals surface area (Å²) in [7, 11) is 4.25. The van der Waals surface area contributed by atoms with Crippen molar-refractivity contribution in [1.82, 2.24) is 9.97 Å². The highest BCUT2D eigenvalue weighted by Crippen LogP contribution is 2.19. The van der Waals surface area contributed by atoms with Crippen LogP contribution in [0.15, 0.2) is 24.3 Å². The molecule has 0 bridgehead atoms. The van der Waals surface area contributed by atoms with Gasteiger partial charge in [-0.1, -0.05) is 12.1 Å². The lowest BCUT2D eigenvalue weighted by atomic mass is 10.2. The van der Waals surface area contributed by atoms with Crippen LogP contribution in [0.25, 0.3) is 10.9 Å². The van der Waals surface area contributed by atoms with Crippen LogP contribution >= 0.6 is 0 Å². The normalized spacial score (nSPS) is 11.3.